The van der Waals surface area contributed by atoms with E-state index in [0.717, 1.165) is 17.7 Å². The molecule has 2 aromatic rings. The Hall–Kier alpha value is -3.16. The molecule has 2 fully saturated rings. The molecule has 7 heteroatoms. The average Bonchev–Trinajstić information content (AvgIpc) is 2.83. The highest BCUT2D eigenvalue weighted by Gasteiger charge is 2.57. The summed E-state index contributed by atoms with van der Waals surface area (Å²) in [6, 6.07) is 16.8. The number of esters is 1. The monoisotopic (exact) mass is 478 g/mol. The summed E-state index contributed by atoms with van der Waals surface area (Å²) in [5.74, 6) is 0.0673. The molecule has 2 aliphatic rings. The van der Waals surface area contributed by atoms with E-state index in [9.17, 15) is 14.7 Å². The molecule has 1 aliphatic heterocycles. The normalized spacial score (nSPS) is 26.3. The zero-order valence-electron chi connectivity index (χ0n) is 20.2. The molecule has 4 rings (SSSR count). The summed E-state index contributed by atoms with van der Waals surface area (Å²) in [7, 11) is 0. The minimum absolute atomic E-state index is 0.151. The summed E-state index contributed by atoms with van der Waals surface area (Å²) in [6.07, 6.45) is 3.84. The van der Waals surface area contributed by atoms with Gasteiger partial charge in [0.1, 0.15) is 12.4 Å². The van der Waals surface area contributed by atoms with Gasteiger partial charge in [-0.2, -0.15) is 0 Å². The molecular formula is C28H34N2O5. The van der Waals surface area contributed by atoms with Gasteiger partial charge in [0.2, 0.25) is 0 Å². The minimum atomic E-state index is -0.991. The van der Waals surface area contributed by atoms with E-state index < -0.39 is 17.1 Å². The van der Waals surface area contributed by atoms with Crippen molar-refractivity contribution in [2.45, 2.75) is 56.3 Å². The molecule has 7 nitrogen and oxygen atoms in total. The molecule has 3 atom stereocenters. The highest BCUT2D eigenvalue weighted by Crippen LogP contribution is 2.52. The molecule has 2 aromatic carbocycles. The maximum Gasteiger partial charge on any atom is 0.407 e. The molecule has 0 spiro atoms. The maximum atomic E-state index is 12.6. The molecule has 35 heavy (non-hydrogen) atoms. The number of alkyl carbamates (subject to hydrolysis) is 1. The van der Waals surface area contributed by atoms with Crippen molar-refractivity contribution < 1.29 is 24.2 Å². The highest BCUT2D eigenvalue weighted by molar-refractivity contribution is 5.69. The number of carbonyl (C=O) groups is 2. The lowest BCUT2D eigenvalue weighted by molar-refractivity contribution is -0.131. The maximum absolute atomic E-state index is 12.6. The van der Waals surface area contributed by atoms with Gasteiger partial charge in [0.15, 0.2) is 0 Å². The van der Waals surface area contributed by atoms with Crippen LogP contribution in [-0.4, -0.2) is 53.3 Å². The topological polar surface area (TPSA) is 88.1 Å². The largest absolute Gasteiger partial charge is 0.445 e. The number of carbonyl (C=O) groups excluding carboxylic acids is 2. The molecule has 2 N–H and O–H groups in total. The second-order valence-corrected chi connectivity index (χ2v) is 9.65. The predicted octanol–water partition coefficient (Wildman–Crippen LogP) is 3.95. The summed E-state index contributed by atoms with van der Waals surface area (Å²) in [5.41, 5.74) is 0.251. The van der Waals surface area contributed by atoms with Crippen molar-refractivity contribution in [3.8, 4) is 5.75 Å². The van der Waals surface area contributed by atoms with Crippen LogP contribution in [0.2, 0.25) is 0 Å². The van der Waals surface area contributed by atoms with Crippen molar-refractivity contribution in [3.63, 3.8) is 0 Å². The van der Waals surface area contributed by atoms with E-state index in [1.54, 1.807) is 6.07 Å². The van der Waals surface area contributed by atoms with Crippen LogP contribution in [0, 0.1) is 0 Å². The second-order valence-electron chi connectivity index (χ2n) is 9.65. The van der Waals surface area contributed by atoms with Gasteiger partial charge < -0.3 is 19.9 Å². The Balaban J connectivity index is 1.55. The van der Waals surface area contributed by atoms with Crippen LogP contribution in [0.5, 0.6) is 5.75 Å². The zero-order valence-corrected chi connectivity index (χ0v) is 20.2. The third-order valence-corrected chi connectivity index (χ3v) is 7.30. The van der Waals surface area contributed by atoms with Gasteiger partial charge in [-0.15, -0.1) is 6.58 Å². The van der Waals surface area contributed by atoms with Crippen LogP contribution in [-0.2, 0) is 21.6 Å². The number of rotatable bonds is 7. The van der Waals surface area contributed by atoms with Crippen LogP contribution in [0.4, 0.5) is 4.79 Å². The fourth-order valence-corrected chi connectivity index (χ4v) is 5.68. The van der Waals surface area contributed by atoms with Crippen LogP contribution in [0.25, 0.3) is 0 Å². The van der Waals surface area contributed by atoms with E-state index in [1.807, 2.05) is 54.6 Å². The number of fused-ring (bicyclic) bond motifs is 1. The van der Waals surface area contributed by atoms with Gasteiger partial charge in [0.25, 0.3) is 0 Å². The highest BCUT2D eigenvalue weighted by atomic mass is 16.5. The molecule has 1 saturated heterocycles. The number of benzene rings is 2. The van der Waals surface area contributed by atoms with Crippen molar-refractivity contribution in [2.75, 3.05) is 19.6 Å². The van der Waals surface area contributed by atoms with Crippen molar-refractivity contribution in [3.05, 3.63) is 78.4 Å². The van der Waals surface area contributed by atoms with Gasteiger partial charge >= 0.3 is 12.1 Å². The molecule has 0 radical (unpaired) electrons. The van der Waals surface area contributed by atoms with Gasteiger partial charge in [-0.1, -0.05) is 48.5 Å². The summed E-state index contributed by atoms with van der Waals surface area (Å²) in [5, 5.41) is 15.1. The van der Waals surface area contributed by atoms with Crippen LogP contribution >= 0.6 is 0 Å². The second kappa shape index (κ2) is 10.6. The lowest BCUT2D eigenvalue weighted by Crippen LogP contribution is -2.67. The first-order valence-corrected chi connectivity index (χ1v) is 12.2. The van der Waals surface area contributed by atoms with E-state index in [4.69, 9.17) is 9.47 Å². The third-order valence-electron chi connectivity index (χ3n) is 7.30. The van der Waals surface area contributed by atoms with Crippen molar-refractivity contribution >= 4 is 12.1 Å². The van der Waals surface area contributed by atoms with Gasteiger partial charge in [-0.25, -0.2) is 4.79 Å². The lowest BCUT2D eigenvalue weighted by Gasteiger charge is -2.58. The van der Waals surface area contributed by atoms with Crippen molar-refractivity contribution in [2.24, 2.45) is 0 Å². The minimum Gasteiger partial charge on any atom is -0.445 e. The van der Waals surface area contributed by atoms with Crippen molar-refractivity contribution in [1.29, 1.82) is 0 Å². The third kappa shape index (κ3) is 5.57. The molecule has 0 bridgehead atoms. The SMILES string of the molecule is C=CCN1CC[C@@]2(c3cccc(OC(C)=O)c3)C[C@@H](NC(=O)OCc3ccccc3)CC[C@]2(O)C1. The summed E-state index contributed by atoms with van der Waals surface area (Å²) < 4.78 is 10.8. The Kier molecular flexibility index (Phi) is 7.57. The Labute approximate surface area is 206 Å². The molecule has 1 amide bonds. The van der Waals surface area contributed by atoms with Gasteiger partial charge in [-0.05, 0) is 55.5 Å². The number of aliphatic hydroxyl groups is 1. The molecule has 0 unspecified atom stereocenters. The fraction of sp³-hybridized carbons (Fsp3) is 0.429. The first kappa shape index (κ1) is 24.9. The molecule has 1 heterocycles. The zero-order chi connectivity index (χ0) is 24.9. The van der Waals surface area contributed by atoms with Crippen LogP contribution in [0.1, 0.15) is 43.7 Å². The number of nitrogens with zero attached hydrogens (tertiary/aromatic N) is 1. The number of hydrogen-bond donors (Lipinski definition) is 2. The van der Waals surface area contributed by atoms with Crippen molar-refractivity contribution in [1.82, 2.24) is 10.2 Å². The van der Waals surface area contributed by atoms with Gasteiger partial charge in [-0.3, -0.25) is 9.69 Å². The Bertz CT molecular complexity index is 1060. The van der Waals surface area contributed by atoms with Crippen LogP contribution in [0.3, 0.4) is 0 Å². The van der Waals surface area contributed by atoms with E-state index >= 15 is 0 Å². The lowest BCUT2D eigenvalue weighted by atomic mass is 9.55. The number of piperidine rings is 1. The molecule has 1 aliphatic carbocycles. The molecule has 186 valence electrons. The standard InChI is InChI=1S/C28H34N2O5/c1-3-15-30-16-14-27(23-10-7-11-25(17-23)35-21(2)31)18-24(12-13-28(27,33)20-30)29-26(32)34-19-22-8-5-4-6-9-22/h3-11,17,24,33H,1,12-16,18-20H2,2H3,(H,29,32)/t24-,27-,28-/m0/s1. The average molecular weight is 479 g/mol. The number of nitrogens with one attached hydrogen (secondary N) is 1. The van der Waals surface area contributed by atoms with Gasteiger partial charge in [0, 0.05) is 31.5 Å². The quantitative estimate of drug-likeness (QED) is 0.356. The number of amides is 1. The van der Waals surface area contributed by atoms with Crippen LogP contribution in [0.15, 0.2) is 67.3 Å². The summed E-state index contributed by atoms with van der Waals surface area (Å²) >= 11 is 0. The molecule has 0 aromatic heterocycles. The smallest absolute Gasteiger partial charge is 0.407 e. The van der Waals surface area contributed by atoms with E-state index in [2.05, 4.69) is 16.8 Å². The predicted molar refractivity (Wildman–Crippen MR) is 133 cm³/mol. The first-order valence-electron chi connectivity index (χ1n) is 12.2. The summed E-state index contributed by atoms with van der Waals surface area (Å²) in [6.45, 7) is 7.44. The number of hydrogen-bond acceptors (Lipinski definition) is 6. The molecular weight excluding hydrogens is 444 g/mol. The Morgan fingerprint density at radius 3 is 2.74 bits per heavy atom. The van der Waals surface area contributed by atoms with Gasteiger partial charge in [0.05, 0.1) is 5.60 Å². The fourth-order valence-electron chi connectivity index (χ4n) is 5.68. The Morgan fingerprint density at radius 2 is 2.00 bits per heavy atom. The first-order chi connectivity index (χ1) is 16.8. The number of ether oxygens (including phenoxy) is 2. The number of likely N-dealkylation sites (tertiary alicyclic amines) is 1. The van der Waals surface area contributed by atoms with E-state index in [0.29, 0.717) is 44.5 Å². The molecule has 1 saturated carbocycles. The Morgan fingerprint density at radius 1 is 1.20 bits per heavy atom. The van der Waals surface area contributed by atoms with Crippen LogP contribution < -0.4 is 10.1 Å². The number of β-amino-alcohol motifs (C(OH)–C–C–N with tert-alkyl or cyclic N) is 1. The summed E-state index contributed by atoms with van der Waals surface area (Å²) in [4.78, 5) is 26.4. The van der Waals surface area contributed by atoms with E-state index in [-0.39, 0.29) is 18.6 Å². The van der Waals surface area contributed by atoms with E-state index in [1.165, 1.54) is 6.92 Å².